The average molecular weight is 1130 g/mol. The molecule has 0 aromatic carbocycles. The SMILES string of the molecule is CC/C=C\C/C=C\C/C=C\CCCCCCCCCC(=O)OC1C(OCC(COC(=O)CCCCCCCC/C=C\C/C=C\C/C=C\CCCCC)OC(=O)CCCCCCC/C=C\C/C=C\C/C=C\CC)OC(C(=O)O)C(O)C1O. The summed E-state index contributed by atoms with van der Waals surface area (Å²) in [4.78, 5) is 51.3. The zero-order chi connectivity index (χ0) is 58.9. The molecule has 0 aromatic rings. The molecular weight excluding hydrogens is 1020 g/mol. The van der Waals surface area contributed by atoms with E-state index in [0.29, 0.717) is 19.3 Å². The van der Waals surface area contributed by atoms with Gasteiger partial charge in [0.15, 0.2) is 24.6 Å². The molecule has 12 nitrogen and oxygen atoms in total. The van der Waals surface area contributed by atoms with Crippen LogP contribution in [-0.2, 0) is 42.9 Å². The minimum atomic E-state index is -1.92. The molecule has 12 heteroatoms. The van der Waals surface area contributed by atoms with Crippen molar-refractivity contribution in [3.63, 3.8) is 0 Å². The molecule has 1 aliphatic heterocycles. The quantitative estimate of drug-likeness (QED) is 0.0228. The van der Waals surface area contributed by atoms with Crippen LogP contribution in [0.5, 0.6) is 0 Å². The van der Waals surface area contributed by atoms with Crippen molar-refractivity contribution in [3.8, 4) is 0 Å². The van der Waals surface area contributed by atoms with Crippen LogP contribution in [0.1, 0.15) is 252 Å². The van der Waals surface area contributed by atoms with E-state index in [2.05, 4.69) is 130 Å². The van der Waals surface area contributed by atoms with Crippen LogP contribution >= 0.6 is 0 Å². The molecule has 6 unspecified atom stereocenters. The maximum Gasteiger partial charge on any atom is 0.335 e. The van der Waals surface area contributed by atoms with Crippen molar-refractivity contribution in [2.24, 2.45) is 0 Å². The molecule has 1 rings (SSSR count). The van der Waals surface area contributed by atoms with E-state index in [9.17, 15) is 34.5 Å². The standard InChI is InChI=1S/C69H112O12/c1-4-7-10-13-16-19-22-25-28-30-31-33-35-37-40-43-46-49-52-55-61(70)77-58-60(79-62(71)56-53-50-47-44-41-38-34-27-24-21-18-15-12-9-6-3)59-78-69-67(65(74)64(73)66(81-69)68(75)76)80-63(72)57-54-51-48-45-42-39-36-32-29-26-23-20-17-14-11-8-5-2/h8-9,11-12,16-21,25-29,31,33-34,60,64-67,69,73-74H,4-7,10,13-15,22-24,30,32,35-59H2,1-3H3,(H,75,76)/b11-8-,12-9-,19-16-,20-17-,21-18-,28-25-,29-26-,33-31-,34-27-. The summed E-state index contributed by atoms with van der Waals surface area (Å²) in [5.41, 5.74) is 0. The van der Waals surface area contributed by atoms with Crippen molar-refractivity contribution in [2.45, 2.75) is 289 Å². The summed E-state index contributed by atoms with van der Waals surface area (Å²) in [5, 5.41) is 31.6. The molecule has 3 N–H and O–H groups in total. The molecule has 0 aromatic heterocycles. The van der Waals surface area contributed by atoms with Crippen LogP contribution < -0.4 is 0 Å². The molecule has 1 saturated heterocycles. The molecule has 0 aliphatic carbocycles. The third-order valence-electron chi connectivity index (χ3n) is 13.8. The van der Waals surface area contributed by atoms with Crippen LogP contribution in [0.25, 0.3) is 0 Å². The van der Waals surface area contributed by atoms with Gasteiger partial charge in [0.05, 0.1) is 6.61 Å². The number of hydrogen-bond donors (Lipinski definition) is 3. The first-order valence-electron chi connectivity index (χ1n) is 31.9. The second-order valence-corrected chi connectivity index (χ2v) is 21.3. The number of unbranched alkanes of at least 4 members (excludes halogenated alkanes) is 21. The molecule has 0 bridgehead atoms. The number of allylic oxidation sites excluding steroid dienone is 18. The van der Waals surface area contributed by atoms with Gasteiger partial charge < -0.3 is 39.0 Å². The van der Waals surface area contributed by atoms with Crippen LogP contribution in [0, 0.1) is 0 Å². The van der Waals surface area contributed by atoms with Gasteiger partial charge in [-0.15, -0.1) is 0 Å². The third-order valence-corrected chi connectivity index (χ3v) is 13.8. The fraction of sp³-hybridized carbons (Fsp3) is 0.681. The predicted octanol–water partition coefficient (Wildman–Crippen LogP) is 17.0. The average Bonchev–Trinajstić information content (AvgIpc) is 3.53. The number of carbonyl (C=O) groups excluding carboxylic acids is 3. The van der Waals surface area contributed by atoms with Gasteiger partial charge in [-0.2, -0.15) is 0 Å². The predicted molar refractivity (Wildman–Crippen MR) is 330 cm³/mol. The highest BCUT2D eigenvalue weighted by atomic mass is 16.7. The Hall–Kier alpha value is -4.62. The van der Waals surface area contributed by atoms with Crippen molar-refractivity contribution in [1.82, 2.24) is 0 Å². The van der Waals surface area contributed by atoms with Crippen LogP contribution in [0.2, 0.25) is 0 Å². The van der Waals surface area contributed by atoms with E-state index in [1.807, 2.05) is 0 Å². The third kappa shape index (κ3) is 45.6. The van der Waals surface area contributed by atoms with E-state index in [4.69, 9.17) is 23.7 Å². The molecule has 1 heterocycles. The largest absolute Gasteiger partial charge is 0.479 e. The number of carboxylic acid groups (broad SMARTS) is 1. The van der Waals surface area contributed by atoms with Crippen molar-refractivity contribution < 1.29 is 58.2 Å². The van der Waals surface area contributed by atoms with Gasteiger partial charge in [0.2, 0.25) is 0 Å². The zero-order valence-electron chi connectivity index (χ0n) is 50.7. The highest BCUT2D eigenvalue weighted by molar-refractivity contribution is 5.74. The normalized spacial score (nSPS) is 18.5. The smallest absolute Gasteiger partial charge is 0.335 e. The molecule has 0 amide bonds. The fourth-order valence-corrected chi connectivity index (χ4v) is 8.99. The minimum absolute atomic E-state index is 0.0407. The first kappa shape index (κ1) is 74.4. The van der Waals surface area contributed by atoms with Crippen LogP contribution in [0.15, 0.2) is 109 Å². The molecule has 0 spiro atoms. The summed E-state index contributed by atoms with van der Waals surface area (Å²) in [6.45, 7) is 5.73. The van der Waals surface area contributed by atoms with Crippen LogP contribution in [0.4, 0.5) is 0 Å². The van der Waals surface area contributed by atoms with E-state index in [1.54, 1.807) is 0 Å². The Labute approximate surface area is 491 Å². The number of carbonyl (C=O) groups is 4. The van der Waals surface area contributed by atoms with Crippen molar-refractivity contribution in [2.75, 3.05) is 13.2 Å². The lowest BCUT2D eigenvalue weighted by atomic mass is 9.98. The summed E-state index contributed by atoms with van der Waals surface area (Å²) >= 11 is 0. The molecule has 6 atom stereocenters. The molecule has 1 aliphatic rings. The molecule has 81 heavy (non-hydrogen) atoms. The topological polar surface area (TPSA) is 175 Å². The van der Waals surface area contributed by atoms with E-state index in [0.717, 1.165) is 167 Å². The molecule has 0 radical (unpaired) electrons. The Bertz CT molecular complexity index is 1820. The summed E-state index contributed by atoms with van der Waals surface area (Å²) < 4.78 is 28.5. The Morgan fingerprint density at radius 1 is 0.420 bits per heavy atom. The van der Waals surface area contributed by atoms with Crippen molar-refractivity contribution in [3.05, 3.63) is 109 Å². The Morgan fingerprint density at radius 3 is 1.19 bits per heavy atom. The minimum Gasteiger partial charge on any atom is -0.479 e. The lowest BCUT2D eigenvalue weighted by Crippen LogP contribution is -2.61. The highest BCUT2D eigenvalue weighted by Crippen LogP contribution is 2.26. The summed E-state index contributed by atoms with van der Waals surface area (Å²) in [6, 6.07) is 0. The first-order valence-corrected chi connectivity index (χ1v) is 31.9. The number of aliphatic hydroxyl groups excluding tert-OH is 2. The van der Waals surface area contributed by atoms with Crippen LogP contribution in [-0.4, -0.2) is 89.2 Å². The van der Waals surface area contributed by atoms with E-state index in [-0.39, 0.29) is 25.9 Å². The number of carboxylic acids is 1. The maximum atomic E-state index is 13.2. The maximum absolute atomic E-state index is 13.2. The van der Waals surface area contributed by atoms with Gasteiger partial charge in [0.25, 0.3) is 0 Å². The number of hydrogen-bond acceptors (Lipinski definition) is 11. The summed E-state index contributed by atoms with van der Waals surface area (Å²) in [6.07, 6.45) is 63.2. The van der Waals surface area contributed by atoms with E-state index >= 15 is 0 Å². The van der Waals surface area contributed by atoms with Gasteiger partial charge in [0, 0.05) is 19.3 Å². The number of aliphatic hydroxyl groups is 2. The van der Waals surface area contributed by atoms with Gasteiger partial charge in [-0.1, -0.05) is 220 Å². The molecular formula is C69H112O12. The zero-order valence-corrected chi connectivity index (χ0v) is 50.7. The van der Waals surface area contributed by atoms with Gasteiger partial charge in [-0.3, -0.25) is 14.4 Å². The monoisotopic (exact) mass is 1130 g/mol. The van der Waals surface area contributed by atoms with Crippen molar-refractivity contribution in [1.29, 1.82) is 0 Å². The number of rotatable bonds is 53. The van der Waals surface area contributed by atoms with E-state index < -0.39 is 67.3 Å². The second-order valence-electron chi connectivity index (χ2n) is 21.3. The number of ether oxygens (including phenoxy) is 5. The molecule has 1 fully saturated rings. The van der Waals surface area contributed by atoms with Crippen molar-refractivity contribution >= 4 is 23.9 Å². The van der Waals surface area contributed by atoms with E-state index in [1.165, 1.54) is 25.7 Å². The fourth-order valence-electron chi connectivity index (χ4n) is 8.99. The lowest BCUT2D eigenvalue weighted by Gasteiger charge is -2.40. The Morgan fingerprint density at radius 2 is 0.778 bits per heavy atom. The highest BCUT2D eigenvalue weighted by Gasteiger charge is 2.50. The summed E-state index contributed by atoms with van der Waals surface area (Å²) in [7, 11) is 0. The lowest BCUT2D eigenvalue weighted by molar-refractivity contribution is -0.301. The van der Waals surface area contributed by atoms with Crippen LogP contribution in [0.3, 0.4) is 0 Å². The second kappa shape index (κ2) is 55.9. The van der Waals surface area contributed by atoms with Gasteiger partial charge >= 0.3 is 23.9 Å². The number of aliphatic carboxylic acids is 1. The molecule has 0 saturated carbocycles. The van der Waals surface area contributed by atoms with Gasteiger partial charge in [-0.05, 0) is 122 Å². The van der Waals surface area contributed by atoms with Gasteiger partial charge in [-0.25, -0.2) is 4.79 Å². The summed E-state index contributed by atoms with van der Waals surface area (Å²) in [5.74, 6) is -3.18. The Kier molecular flexibility index (Phi) is 51.3. The first-order chi connectivity index (χ1) is 39.6. The van der Waals surface area contributed by atoms with Gasteiger partial charge in [0.1, 0.15) is 18.8 Å². The Balaban J connectivity index is 2.69. The molecule has 460 valence electrons. The number of esters is 3.